The number of nitrogens with zero attached hydrogens (tertiary/aromatic N) is 4. The fraction of sp³-hybridized carbons (Fsp3) is 0.565. The van der Waals surface area contributed by atoms with Gasteiger partial charge in [0, 0.05) is 12.6 Å². The number of carbonyl (C=O) groups is 1. The SMILES string of the molecule is CN(C)CCCNC(=O)C1=NCC(Nc2ccc(F)cc2O[C@@H]2CCCCC2O)=NC=NCS1. The van der Waals surface area contributed by atoms with Gasteiger partial charge in [0.1, 0.15) is 29.8 Å². The molecule has 1 aromatic carbocycles. The van der Waals surface area contributed by atoms with Crippen LogP contribution >= 0.6 is 11.8 Å². The van der Waals surface area contributed by atoms with Gasteiger partial charge in [-0.1, -0.05) is 18.2 Å². The Morgan fingerprint density at radius 1 is 1.32 bits per heavy atom. The minimum Gasteiger partial charge on any atom is -0.485 e. The molecular weight excluding hydrogens is 459 g/mol. The van der Waals surface area contributed by atoms with Crippen LogP contribution in [0.2, 0.25) is 0 Å². The Morgan fingerprint density at radius 3 is 2.94 bits per heavy atom. The summed E-state index contributed by atoms with van der Waals surface area (Å²) in [5.41, 5.74) is 0.503. The van der Waals surface area contributed by atoms with E-state index in [1.54, 1.807) is 6.07 Å². The monoisotopic (exact) mass is 492 g/mol. The number of benzene rings is 1. The van der Waals surface area contributed by atoms with Gasteiger partial charge in [-0.3, -0.25) is 14.8 Å². The predicted octanol–water partition coefficient (Wildman–Crippen LogP) is 2.52. The van der Waals surface area contributed by atoms with Crippen molar-refractivity contribution in [3.8, 4) is 5.75 Å². The number of carbonyl (C=O) groups excluding carboxylic acids is 1. The van der Waals surface area contributed by atoms with Gasteiger partial charge in [0.25, 0.3) is 5.91 Å². The smallest absolute Gasteiger partial charge is 0.276 e. The molecule has 1 aromatic rings. The van der Waals surface area contributed by atoms with E-state index in [0.29, 0.717) is 47.6 Å². The summed E-state index contributed by atoms with van der Waals surface area (Å²) in [6.45, 7) is 1.55. The summed E-state index contributed by atoms with van der Waals surface area (Å²) >= 11 is 1.25. The molecule has 0 bridgehead atoms. The first-order valence-electron chi connectivity index (χ1n) is 11.5. The Labute approximate surface area is 204 Å². The van der Waals surface area contributed by atoms with Gasteiger partial charge in [0.05, 0.1) is 24.2 Å². The molecule has 1 heterocycles. The number of amides is 1. The lowest BCUT2D eigenvalue weighted by molar-refractivity contribution is -0.114. The van der Waals surface area contributed by atoms with E-state index in [9.17, 15) is 14.3 Å². The minimum atomic E-state index is -0.584. The number of amidine groups is 1. The molecule has 0 saturated heterocycles. The van der Waals surface area contributed by atoms with Gasteiger partial charge >= 0.3 is 0 Å². The fourth-order valence-corrected chi connectivity index (χ4v) is 4.21. The highest BCUT2D eigenvalue weighted by Gasteiger charge is 2.26. The molecule has 9 nitrogen and oxygen atoms in total. The molecule has 1 saturated carbocycles. The maximum absolute atomic E-state index is 14.0. The Morgan fingerprint density at radius 2 is 2.15 bits per heavy atom. The van der Waals surface area contributed by atoms with Crippen molar-refractivity contribution < 1.29 is 19.0 Å². The minimum absolute atomic E-state index is 0.113. The first kappa shape index (κ1) is 26.1. The molecule has 1 amide bonds. The van der Waals surface area contributed by atoms with E-state index in [2.05, 4.69) is 30.5 Å². The van der Waals surface area contributed by atoms with Gasteiger partial charge in [0.15, 0.2) is 5.04 Å². The number of thioether (sulfide) groups is 1. The normalized spacial score (nSPS) is 21.1. The Bertz CT molecular complexity index is 924. The number of hydrogen-bond donors (Lipinski definition) is 3. The van der Waals surface area contributed by atoms with Crippen LogP contribution in [0.4, 0.5) is 10.1 Å². The maximum atomic E-state index is 14.0. The predicted molar refractivity (Wildman–Crippen MR) is 136 cm³/mol. The summed E-state index contributed by atoms with van der Waals surface area (Å²) in [6, 6.07) is 4.17. The molecule has 3 rings (SSSR count). The van der Waals surface area contributed by atoms with E-state index < -0.39 is 18.0 Å². The number of aliphatic hydroxyl groups is 1. The molecule has 1 aliphatic carbocycles. The van der Waals surface area contributed by atoms with Gasteiger partial charge in [-0.25, -0.2) is 9.38 Å². The van der Waals surface area contributed by atoms with Crippen LogP contribution in [-0.2, 0) is 4.79 Å². The number of hydrogen-bond acceptors (Lipinski definition) is 9. The van der Waals surface area contributed by atoms with Crippen LogP contribution < -0.4 is 15.4 Å². The van der Waals surface area contributed by atoms with Crippen LogP contribution in [0, 0.1) is 5.82 Å². The molecule has 11 heteroatoms. The standard InChI is InChI=1S/C23H33FN6O3S/c1-30(2)11-5-10-26-22(32)23-27-13-21(28-14-25-15-34-23)29-17-9-8-16(24)12-20(17)33-19-7-4-3-6-18(19)31/h8-9,12,14,18-19,31H,3-7,10-11,13,15H2,1-2H3,(H,26,32)(H,25,28,29)/t18?,19-/m1/s1. The Balaban J connectivity index is 1.68. The summed E-state index contributed by atoms with van der Waals surface area (Å²) in [6.07, 6.45) is 4.56. The lowest BCUT2D eigenvalue weighted by atomic mass is 9.95. The van der Waals surface area contributed by atoms with Crippen LogP contribution in [0.5, 0.6) is 5.75 Å². The fourth-order valence-electron chi connectivity index (χ4n) is 3.59. The maximum Gasteiger partial charge on any atom is 0.276 e. The van der Waals surface area contributed by atoms with E-state index in [1.165, 1.54) is 30.2 Å². The summed E-state index contributed by atoms with van der Waals surface area (Å²) in [5, 5.41) is 16.6. The average Bonchev–Trinajstić information content (AvgIpc) is 2.92. The van der Waals surface area contributed by atoms with Crippen LogP contribution in [0.3, 0.4) is 0 Å². The van der Waals surface area contributed by atoms with Gasteiger partial charge < -0.3 is 25.4 Å². The van der Waals surface area contributed by atoms with Crippen molar-refractivity contribution in [2.75, 3.05) is 44.9 Å². The van der Waals surface area contributed by atoms with Crippen LogP contribution in [0.25, 0.3) is 0 Å². The van der Waals surface area contributed by atoms with Crippen molar-refractivity contribution in [1.82, 2.24) is 10.2 Å². The van der Waals surface area contributed by atoms with Crippen molar-refractivity contribution in [2.24, 2.45) is 15.0 Å². The third-order valence-corrected chi connectivity index (χ3v) is 6.24. The van der Waals surface area contributed by atoms with Crippen molar-refractivity contribution in [2.45, 2.75) is 44.3 Å². The highest BCUT2D eigenvalue weighted by molar-refractivity contribution is 8.15. The molecule has 0 radical (unpaired) electrons. The number of aliphatic hydroxyl groups excluding tert-OH is 1. The van der Waals surface area contributed by atoms with Gasteiger partial charge in [-0.05, 0) is 58.5 Å². The van der Waals surface area contributed by atoms with Gasteiger partial charge in [-0.15, -0.1) is 0 Å². The van der Waals surface area contributed by atoms with E-state index in [-0.39, 0.29) is 12.5 Å². The summed E-state index contributed by atoms with van der Waals surface area (Å²) in [5.74, 6) is 0.377. The first-order valence-corrected chi connectivity index (χ1v) is 12.5. The number of anilines is 1. The lowest BCUT2D eigenvalue weighted by Crippen LogP contribution is -2.35. The van der Waals surface area contributed by atoms with Crippen LogP contribution in [0.1, 0.15) is 32.1 Å². The van der Waals surface area contributed by atoms with Gasteiger partial charge in [-0.2, -0.15) is 0 Å². The summed E-state index contributed by atoms with van der Waals surface area (Å²) < 4.78 is 20.0. The zero-order valence-corrected chi connectivity index (χ0v) is 20.5. The topological polar surface area (TPSA) is 111 Å². The molecule has 0 aromatic heterocycles. The van der Waals surface area contributed by atoms with Crippen molar-refractivity contribution >= 4 is 40.6 Å². The third-order valence-electron chi connectivity index (χ3n) is 5.37. The second kappa shape index (κ2) is 13.4. The summed E-state index contributed by atoms with van der Waals surface area (Å²) in [4.78, 5) is 27.6. The Kier molecular flexibility index (Phi) is 10.3. The molecule has 34 heavy (non-hydrogen) atoms. The lowest BCUT2D eigenvalue weighted by Gasteiger charge is -2.29. The highest BCUT2D eigenvalue weighted by atomic mass is 32.2. The molecule has 2 aliphatic rings. The number of aliphatic imine (C=N–C) groups is 3. The second-order valence-electron chi connectivity index (χ2n) is 8.45. The molecule has 3 N–H and O–H groups in total. The number of nitrogens with one attached hydrogen (secondary N) is 2. The second-order valence-corrected chi connectivity index (χ2v) is 9.39. The van der Waals surface area contributed by atoms with Crippen molar-refractivity contribution in [3.63, 3.8) is 0 Å². The molecule has 1 fully saturated rings. The van der Waals surface area contributed by atoms with E-state index in [1.807, 2.05) is 14.1 Å². The van der Waals surface area contributed by atoms with Crippen molar-refractivity contribution in [1.29, 1.82) is 0 Å². The molecule has 2 atom stereocenters. The average molecular weight is 493 g/mol. The zero-order valence-electron chi connectivity index (χ0n) is 19.7. The number of rotatable bonds is 8. The molecule has 1 aliphatic heterocycles. The zero-order chi connectivity index (χ0) is 24.3. The first-order chi connectivity index (χ1) is 16.4. The van der Waals surface area contributed by atoms with E-state index in [0.717, 1.165) is 25.8 Å². The van der Waals surface area contributed by atoms with Crippen molar-refractivity contribution in [3.05, 3.63) is 24.0 Å². The number of ether oxygens (including phenoxy) is 1. The summed E-state index contributed by atoms with van der Waals surface area (Å²) in [7, 11) is 3.97. The van der Waals surface area contributed by atoms with Crippen LogP contribution in [0.15, 0.2) is 33.2 Å². The molecule has 186 valence electrons. The number of halogens is 1. The third kappa shape index (κ3) is 8.37. The Hall–Kier alpha value is -2.50. The van der Waals surface area contributed by atoms with Gasteiger partial charge in [0.2, 0.25) is 0 Å². The highest BCUT2D eigenvalue weighted by Crippen LogP contribution is 2.30. The molecule has 0 spiro atoms. The quantitative estimate of drug-likeness (QED) is 0.481. The molecule has 1 unspecified atom stereocenters. The van der Waals surface area contributed by atoms with E-state index >= 15 is 0 Å². The molecular formula is C23H33FN6O3S. The van der Waals surface area contributed by atoms with Crippen LogP contribution in [-0.4, -0.2) is 84.9 Å². The van der Waals surface area contributed by atoms with E-state index in [4.69, 9.17) is 4.74 Å². The largest absolute Gasteiger partial charge is 0.485 e.